The molecule has 2 heterocycles. The summed E-state index contributed by atoms with van der Waals surface area (Å²) in [5, 5.41) is 5.31. The number of nitrogens with zero attached hydrogens (tertiary/aromatic N) is 1. The van der Waals surface area contributed by atoms with E-state index in [9.17, 15) is 14.4 Å². The SMILES string of the molecule is CC(NC(=O)C1CNC(=O)C1)C(=O)N1CCCC1. The van der Waals surface area contributed by atoms with Crippen LogP contribution < -0.4 is 10.6 Å². The van der Waals surface area contributed by atoms with Crippen molar-refractivity contribution >= 4 is 17.7 Å². The second-order valence-electron chi connectivity index (χ2n) is 4.97. The van der Waals surface area contributed by atoms with Crippen LogP contribution in [0, 0.1) is 5.92 Å². The Kier molecular flexibility index (Phi) is 3.84. The summed E-state index contributed by atoms with van der Waals surface area (Å²) >= 11 is 0. The molecule has 0 aromatic carbocycles. The van der Waals surface area contributed by atoms with Crippen LogP contribution >= 0.6 is 0 Å². The van der Waals surface area contributed by atoms with Gasteiger partial charge >= 0.3 is 0 Å². The first-order valence-electron chi connectivity index (χ1n) is 6.44. The van der Waals surface area contributed by atoms with Gasteiger partial charge in [0.05, 0.1) is 5.92 Å². The van der Waals surface area contributed by atoms with E-state index < -0.39 is 6.04 Å². The third kappa shape index (κ3) is 2.80. The Morgan fingerprint density at radius 1 is 1.39 bits per heavy atom. The highest BCUT2D eigenvalue weighted by Crippen LogP contribution is 2.11. The molecule has 18 heavy (non-hydrogen) atoms. The summed E-state index contributed by atoms with van der Waals surface area (Å²) in [6.45, 7) is 3.63. The van der Waals surface area contributed by atoms with E-state index in [-0.39, 0.29) is 30.1 Å². The highest BCUT2D eigenvalue weighted by atomic mass is 16.2. The standard InChI is InChI=1S/C12H19N3O3/c1-8(12(18)15-4-2-3-5-15)14-11(17)9-6-10(16)13-7-9/h8-9H,2-7H2,1H3,(H,13,16)(H,14,17). The second-order valence-corrected chi connectivity index (χ2v) is 4.97. The van der Waals surface area contributed by atoms with Crippen molar-refractivity contribution in [2.75, 3.05) is 19.6 Å². The number of hydrogen-bond acceptors (Lipinski definition) is 3. The van der Waals surface area contributed by atoms with Crippen molar-refractivity contribution in [3.63, 3.8) is 0 Å². The zero-order valence-electron chi connectivity index (χ0n) is 10.6. The predicted octanol–water partition coefficient (Wildman–Crippen LogP) is -0.750. The van der Waals surface area contributed by atoms with Crippen LogP contribution in [0.15, 0.2) is 0 Å². The Morgan fingerprint density at radius 2 is 2.06 bits per heavy atom. The normalized spacial score (nSPS) is 24.8. The van der Waals surface area contributed by atoms with Crippen LogP contribution in [0.5, 0.6) is 0 Å². The molecule has 0 bridgehead atoms. The van der Waals surface area contributed by atoms with Crippen molar-refractivity contribution in [1.29, 1.82) is 0 Å². The molecule has 3 amide bonds. The van der Waals surface area contributed by atoms with Crippen LogP contribution in [0.1, 0.15) is 26.2 Å². The van der Waals surface area contributed by atoms with Crippen molar-refractivity contribution in [2.24, 2.45) is 5.92 Å². The molecule has 0 aromatic rings. The van der Waals surface area contributed by atoms with E-state index in [2.05, 4.69) is 10.6 Å². The van der Waals surface area contributed by atoms with Gasteiger partial charge in [-0.25, -0.2) is 0 Å². The third-order valence-electron chi connectivity index (χ3n) is 3.50. The van der Waals surface area contributed by atoms with E-state index in [0.717, 1.165) is 25.9 Å². The summed E-state index contributed by atoms with van der Waals surface area (Å²) in [5.41, 5.74) is 0. The van der Waals surface area contributed by atoms with Crippen molar-refractivity contribution in [3.8, 4) is 0 Å². The van der Waals surface area contributed by atoms with Gasteiger partial charge in [-0.1, -0.05) is 0 Å². The minimum atomic E-state index is -0.508. The van der Waals surface area contributed by atoms with Crippen LogP contribution in [-0.2, 0) is 14.4 Å². The summed E-state index contributed by atoms with van der Waals surface area (Å²) in [6, 6.07) is -0.508. The van der Waals surface area contributed by atoms with Crippen LogP contribution in [-0.4, -0.2) is 48.3 Å². The largest absolute Gasteiger partial charge is 0.355 e. The Balaban J connectivity index is 1.82. The molecule has 2 fully saturated rings. The lowest BCUT2D eigenvalue weighted by Crippen LogP contribution is -2.47. The van der Waals surface area contributed by atoms with E-state index in [0.29, 0.717) is 6.54 Å². The molecule has 2 rings (SSSR count). The van der Waals surface area contributed by atoms with Gasteiger partial charge in [-0.05, 0) is 19.8 Å². The molecule has 2 atom stereocenters. The lowest BCUT2D eigenvalue weighted by molar-refractivity contribution is -0.136. The maximum atomic E-state index is 12.0. The number of likely N-dealkylation sites (tertiary alicyclic amines) is 1. The lowest BCUT2D eigenvalue weighted by Gasteiger charge is -2.22. The van der Waals surface area contributed by atoms with Gasteiger partial charge in [0.25, 0.3) is 0 Å². The molecular formula is C12H19N3O3. The lowest BCUT2D eigenvalue weighted by atomic mass is 10.1. The zero-order chi connectivity index (χ0) is 13.1. The summed E-state index contributed by atoms with van der Waals surface area (Å²) in [6.07, 6.45) is 2.29. The summed E-state index contributed by atoms with van der Waals surface area (Å²) < 4.78 is 0. The minimum absolute atomic E-state index is 0.0295. The van der Waals surface area contributed by atoms with E-state index in [1.54, 1.807) is 11.8 Å². The fraction of sp³-hybridized carbons (Fsp3) is 0.750. The predicted molar refractivity (Wildman–Crippen MR) is 64.5 cm³/mol. The van der Waals surface area contributed by atoms with Gasteiger partial charge in [-0.2, -0.15) is 0 Å². The number of carbonyl (C=O) groups is 3. The molecule has 2 aliphatic rings. The zero-order valence-corrected chi connectivity index (χ0v) is 10.6. The Morgan fingerprint density at radius 3 is 2.61 bits per heavy atom. The van der Waals surface area contributed by atoms with Gasteiger partial charge < -0.3 is 15.5 Å². The molecule has 0 radical (unpaired) electrons. The smallest absolute Gasteiger partial charge is 0.244 e. The molecule has 2 unspecified atom stereocenters. The number of nitrogens with one attached hydrogen (secondary N) is 2. The summed E-state index contributed by atoms with van der Waals surface area (Å²) in [5.74, 6) is -0.688. The van der Waals surface area contributed by atoms with Crippen molar-refractivity contribution < 1.29 is 14.4 Å². The van der Waals surface area contributed by atoms with Gasteiger partial charge in [-0.3, -0.25) is 14.4 Å². The molecule has 2 N–H and O–H groups in total. The van der Waals surface area contributed by atoms with Gasteiger partial charge in [0, 0.05) is 26.1 Å². The molecule has 6 nitrogen and oxygen atoms in total. The van der Waals surface area contributed by atoms with Gasteiger partial charge in [0.1, 0.15) is 6.04 Å². The second kappa shape index (κ2) is 5.37. The highest BCUT2D eigenvalue weighted by Gasteiger charge is 2.31. The van der Waals surface area contributed by atoms with Gasteiger partial charge in [0.15, 0.2) is 0 Å². The quantitative estimate of drug-likeness (QED) is 0.694. The maximum Gasteiger partial charge on any atom is 0.244 e. The Bertz CT molecular complexity index is 364. The average Bonchev–Trinajstić information content (AvgIpc) is 2.98. The summed E-state index contributed by atoms with van der Waals surface area (Å²) in [4.78, 5) is 36.6. The molecule has 0 spiro atoms. The molecular weight excluding hydrogens is 234 g/mol. The first kappa shape index (κ1) is 12.9. The maximum absolute atomic E-state index is 12.0. The number of carbonyl (C=O) groups excluding carboxylic acids is 3. The van der Waals surface area contributed by atoms with Crippen LogP contribution in [0.4, 0.5) is 0 Å². The molecule has 0 saturated carbocycles. The van der Waals surface area contributed by atoms with Crippen molar-refractivity contribution in [2.45, 2.75) is 32.2 Å². The number of hydrogen-bond donors (Lipinski definition) is 2. The molecule has 2 aliphatic heterocycles. The van der Waals surface area contributed by atoms with E-state index in [1.165, 1.54) is 0 Å². The molecule has 0 aliphatic carbocycles. The van der Waals surface area contributed by atoms with E-state index >= 15 is 0 Å². The van der Waals surface area contributed by atoms with Gasteiger partial charge in [-0.15, -0.1) is 0 Å². The Labute approximate surface area is 106 Å². The van der Waals surface area contributed by atoms with Crippen molar-refractivity contribution in [3.05, 3.63) is 0 Å². The molecule has 100 valence electrons. The van der Waals surface area contributed by atoms with Crippen LogP contribution in [0.25, 0.3) is 0 Å². The number of rotatable bonds is 3. The fourth-order valence-electron chi connectivity index (χ4n) is 2.39. The third-order valence-corrected chi connectivity index (χ3v) is 3.50. The summed E-state index contributed by atoms with van der Waals surface area (Å²) in [7, 11) is 0. The molecule has 0 aromatic heterocycles. The van der Waals surface area contributed by atoms with Crippen molar-refractivity contribution in [1.82, 2.24) is 15.5 Å². The van der Waals surface area contributed by atoms with Crippen LogP contribution in [0.3, 0.4) is 0 Å². The Hall–Kier alpha value is -1.59. The topological polar surface area (TPSA) is 78.5 Å². The van der Waals surface area contributed by atoms with Crippen LogP contribution in [0.2, 0.25) is 0 Å². The van der Waals surface area contributed by atoms with E-state index in [4.69, 9.17) is 0 Å². The first-order valence-corrected chi connectivity index (χ1v) is 6.44. The highest BCUT2D eigenvalue weighted by molar-refractivity contribution is 5.92. The van der Waals surface area contributed by atoms with E-state index in [1.807, 2.05) is 0 Å². The number of amides is 3. The fourth-order valence-corrected chi connectivity index (χ4v) is 2.39. The van der Waals surface area contributed by atoms with Gasteiger partial charge in [0.2, 0.25) is 17.7 Å². The average molecular weight is 253 g/mol. The molecule has 2 saturated heterocycles. The first-order chi connectivity index (χ1) is 8.58. The monoisotopic (exact) mass is 253 g/mol. The minimum Gasteiger partial charge on any atom is -0.355 e. The molecule has 6 heteroatoms.